The molecular formula is C14H21N3O2. The zero-order valence-corrected chi connectivity index (χ0v) is 11.6. The first-order chi connectivity index (χ1) is 9.15. The van der Waals surface area contributed by atoms with Gasteiger partial charge in [-0.05, 0) is 18.8 Å². The van der Waals surface area contributed by atoms with Crippen molar-refractivity contribution in [2.24, 2.45) is 5.92 Å². The first-order valence-corrected chi connectivity index (χ1v) is 6.85. The maximum absolute atomic E-state index is 12.0. The van der Waals surface area contributed by atoms with Gasteiger partial charge in [-0.1, -0.05) is 13.8 Å². The number of carbonyl (C=O) groups is 1. The fourth-order valence-corrected chi connectivity index (χ4v) is 2.26. The quantitative estimate of drug-likeness (QED) is 0.832. The Labute approximate surface area is 114 Å². The Morgan fingerprint density at radius 1 is 1.53 bits per heavy atom. The van der Waals surface area contributed by atoms with Crippen molar-refractivity contribution < 1.29 is 9.53 Å². The van der Waals surface area contributed by atoms with Gasteiger partial charge in [0.1, 0.15) is 6.10 Å². The molecule has 104 valence electrons. The van der Waals surface area contributed by atoms with Gasteiger partial charge in [0.2, 0.25) is 11.8 Å². The van der Waals surface area contributed by atoms with Gasteiger partial charge in [-0.15, -0.1) is 0 Å². The van der Waals surface area contributed by atoms with Crippen LogP contribution in [0.15, 0.2) is 18.6 Å². The van der Waals surface area contributed by atoms with E-state index in [4.69, 9.17) is 4.74 Å². The van der Waals surface area contributed by atoms with Gasteiger partial charge in [0.05, 0.1) is 12.7 Å². The van der Waals surface area contributed by atoms with Crippen molar-refractivity contribution in [3.05, 3.63) is 18.6 Å². The minimum atomic E-state index is 0.0292. The molecule has 2 rings (SSSR count). The molecule has 0 aliphatic carbocycles. The highest BCUT2D eigenvalue weighted by atomic mass is 16.5. The zero-order chi connectivity index (χ0) is 13.7. The van der Waals surface area contributed by atoms with E-state index in [1.165, 1.54) is 0 Å². The smallest absolute Gasteiger partial charge is 0.232 e. The van der Waals surface area contributed by atoms with E-state index < -0.39 is 0 Å². The van der Waals surface area contributed by atoms with Crippen molar-refractivity contribution in [3.63, 3.8) is 0 Å². The third kappa shape index (κ3) is 4.19. The molecule has 19 heavy (non-hydrogen) atoms. The Hall–Kier alpha value is -1.65. The van der Waals surface area contributed by atoms with Crippen LogP contribution in [0.4, 0.5) is 0 Å². The molecule has 0 radical (unpaired) electrons. The summed E-state index contributed by atoms with van der Waals surface area (Å²) in [7, 11) is 0. The summed E-state index contributed by atoms with van der Waals surface area (Å²) < 4.78 is 5.77. The van der Waals surface area contributed by atoms with Crippen LogP contribution in [0.3, 0.4) is 0 Å². The summed E-state index contributed by atoms with van der Waals surface area (Å²) in [6.45, 7) is 5.62. The lowest BCUT2D eigenvalue weighted by Crippen LogP contribution is -2.44. The molecule has 1 aliphatic heterocycles. The highest BCUT2D eigenvalue weighted by Gasteiger charge is 2.25. The predicted molar refractivity (Wildman–Crippen MR) is 71.7 cm³/mol. The van der Waals surface area contributed by atoms with Crippen LogP contribution in [-0.4, -0.2) is 40.0 Å². The summed E-state index contributed by atoms with van der Waals surface area (Å²) >= 11 is 0. The zero-order valence-electron chi connectivity index (χ0n) is 11.6. The summed E-state index contributed by atoms with van der Waals surface area (Å²) in [4.78, 5) is 22.0. The van der Waals surface area contributed by atoms with Gasteiger partial charge in [0.25, 0.3) is 0 Å². The third-order valence-corrected chi connectivity index (χ3v) is 3.14. The number of aromatic nitrogens is 2. The number of hydrogen-bond acceptors (Lipinski definition) is 4. The van der Waals surface area contributed by atoms with Crippen molar-refractivity contribution in [2.75, 3.05) is 13.1 Å². The van der Waals surface area contributed by atoms with E-state index >= 15 is 0 Å². The minimum absolute atomic E-state index is 0.0292. The van der Waals surface area contributed by atoms with Gasteiger partial charge in [-0.25, -0.2) is 4.98 Å². The topological polar surface area (TPSA) is 55.3 Å². The lowest BCUT2D eigenvalue weighted by atomic mass is 10.1. The summed E-state index contributed by atoms with van der Waals surface area (Å²) in [6.07, 6.45) is 7.41. The molecule has 1 saturated heterocycles. The van der Waals surface area contributed by atoms with Gasteiger partial charge in [0.15, 0.2) is 0 Å². The Bertz CT molecular complexity index is 408. The normalized spacial score (nSPS) is 19.5. The van der Waals surface area contributed by atoms with E-state index in [1.54, 1.807) is 18.6 Å². The molecule has 1 atom stereocenters. The molecule has 1 fully saturated rings. The first kappa shape index (κ1) is 13.8. The maximum atomic E-state index is 12.0. The molecule has 0 N–H and O–H groups in total. The average molecular weight is 263 g/mol. The number of ether oxygens (including phenoxy) is 1. The van der Waals surface area contributed by atoms with E-state index in [1.807, 2.05) is 4.90 Å². The van der Waals surface area contributed by atoms with E-state index in [9.17, 15) is 4.79 Å². The molecule has 1 unspecified atom stereocenters. The Kier molecular flexibility index (Phi) is 4.71. The van der Waals surface area contributed by atoms with Gasteiger partial charge < -0.3 is 9.64 Å². The lowest BCUT2D eigenvalue weighted by Gasteiger charge is -2.33. The SMILES string of the molecule is CC(C)CC(=O)N1CCCC(Oc2cnccn2)C1. The molecule has 0 bridgehead atoms. The van der Waals surface area contributed by atoms with E-state index in [-0.39, 0.29) is 12.0 Å². The highest BCUT2D eigenvalue weighted by Crippen LogP contribution is 2.17. The molecule has 2 heterocycles. The number of piperidine rings is 1. The van der Waals surface area contributed by atoms with Crippen LogP contribution in [0.1, 0.15) is 33.1 Å². The van der Waals surface area contributed by atoms with Gasteiger partial charge >= 0.3 is 0 Å². The number of rotatable bonds is 4. The van der Waals surface area contributed by atoms with Crippen molar-refractivity contribution in [1.29, 1.82) is 0 Å². The molecule has 1 aliphatic rings. The lowest BCUT2D eigenvalue weighted by molar-refractivity contribution is -0.134. The van der Waals surface area contributed by atoms with Crippen LogP contribution < -0.4 is 4.74 Å². The summed E-state index contributed by atoms with van der Waals surface area (Å²) in [6, 6.07) is 0. The second-order valence-corrected chi connectivity index (χ2v) is 5.36. The Morgan fingerprint density at radius 3 is 3.05 bits per heavy atom. The molecule has 1 amide bonds. The fourth-order valence-electron chi connectivity index (χ4n) is 2.26. The Balaban J connectivity index is 1.88. The molecule has 1 aromatic heterocycles. The van der Waals surface area contributed by atoms with Crippen LogP contribution in [-0.2, 0) is 4.79 Å². The largest absolute Gasteiger partial charge is 0.471 e. The second-order valence-electron chi connectivity index (χ2n) is 5.36. The van der Waals surface area contributed by atoms with Crippen molar-refractivity contribution in [3.8, 4) is 5.88 Å². The summed E-state index contributed by atoms with van der Waals surface area (Å²) in [5, 5.41) is 0. The van der Waals surface area contributed by atoms with Crippen LogP contribution >= 0.6 is 0 Å². The van der Waals surface area contributed by atoms with Crippen molar-refractivity contribution in [2.45, 2.75) is 39.2 Å². The van der Waals surface area contributed by atoms with Gasteiger partial charge in [-0.2, -0.15) is 0 Å². The maximum Gasteiger partial charge on any atom is 0.232 e. The van der Waals surface area contributed by atoms with Crippen LogP contribution in [0, 0.1) is 5.92 Å². The number of nitrogens with zero attached hydrogens (tertiary/aromatic N) is 3. The summed E-state index contributed by atoms with van der Waals surface area (Å²) in [5.41, 5.74) is 0. The predicted octanol–water partition coefficient (Wildman–Crippen LogP) is 1.89. The van der Waals surface area contributed by atoms with Gasteiger partial charge in [-0.3, -0.25) is 9.78 Å². The molecule has 0 aromatic carbocycles. The molecular weight excluding hydrogens is 242 g/mol. The first-order valence-electron chi connectivity index (χ1n) is 6.85. The molecule has 5 heteroatoms. The molecule has 0 spiro atoms. The number of likely N-dealkylation sites (tertiary alicyclic amines) is 1. The molecule has 1 aromatic rings. The van der Waals surface area contributed by atoms with Gasteiger partial charge in [0, 0.05) is 25.4 Å². The third-order valence-electron chi connectivity index (χ3n) is 3.14. The van der Waals surface area contributed by atoms with Crippen molar-refractivity contribution in [1.82, 2.24) is 14.9 Å². The fraction of sp³-hybridized carbons (Fsp3) is 0.643. The van der Waals surface area contributed by atoms with E-state index in [0.29, 0.717) is 24.8 Å². The highest BCUT2D eigenvalue weighted by molar-refractivity contribution is 5.76. The second kappa shape index (κ2) is 6.50. The molecule has 5 nitrogen and oxygen atoms in total. The van der Waals surface area contributed by atoms with E-state index in [2.05, 4.69) is 23.8 Å². The van der Waals surface area contributed by atoms with E-state index in [0.717, 1.165) is 19.4 Å². The minimum Gasteiger partial charge on any atom is -0.471 e. The number of carbonyl (C=O) groups excluding carboxylic acids is 1. The summed E-state index contributed by atoms with van der Waals surface area (Å²) in [5.74, 6) is 1.15. The number of amides is 1. The van der Waals surface area contributed by atoms with Crippen LogP contribution in [0.5, 0.6) is 5.88 Å². The van der Waals surface area contributed by atoms with Crippen LogP contribution in [0.2, 0.25) is 0 Å². The standard InChI is InChI=1S/C14H21N3O2/c1-11(2)8-14(18)17-7-3-4-12(10-17)19-13-9-15-5-6-16-13/h5-6,9,11-12H,3-4,7-8,10H2,1-2H3. The van der Waals surface area contributed by atoms with Crippen LogP contribution in [0.25, 0.3) is 0 Å². The monoisotopic (exact) mass is 263 g/mol. The number of hydrogen-bond donors (Lipinski definition) is 0. The Morgan fingerprint density at radius 2 is 2.37 bits per heavy atom. The van der Waals surface area contributed by atoms with Crippen molar-refractivity contribution >= 4 is 5.91 Å². The average Bonchev–Trinajstić information content (AvgIpc) is 2.39. The molecule has 0 saturated carbocycles.